The zero-order chi connectivity index (χ0) is 14.5. The van der Waals surface area contributed by atoms with Gasteiger partial charge >= 0.3 is 5.97 Å². The SMILES string of the molecule is CCOC(=O)CCCOc1ccc2c(c1)CC(=O)N2C. The third-order valence-electron chi connectivity index (χ3n) is 3.23. The van der Waals surface area contributed by atoms with E-state index in [1.165, 1.54) is 0 Å². The molecule has 0 bridgehead atoms. The predicted octanol–water partition coefficient (Wildman–Crippen LogP) is 1.93. The molecule has 2 rings (SSSR count). The lowest BCUT2D eigenvalue weighted by Crippen LogP contribution is -2.20. The summed E-state index contributed by atoms with van der Waals surface area (Å²) in [5.74, 6) is 0.632. The molecule has 20 heavy (non-hydrogen) atoms. The molecular weight excluding hydrogens is 258 g/mol. The van der Waals surface area contributed by atoms with Crippen LogP contribution in [0.4, 0.5) is 5.69 Å². The van der Waals surface area contributed by atoms with Crippen molar-refractivity contribution in [1.29, 1.82) is 0 Å². The number of hydrogen-bond donors (Lipinski definition) is 0. The van der Waals surface area contributed by atoms with Crippen molar-refractivity contribution in [3.63, 3.8) is 0 Å². The van der Waals surface area contributed by atoms with Crippen LogP contribution in [0.25, 0.3) is 0 Å². The minimum atomic E-state index is -0.197. The smallest absolute Gasteiger partial charge is 0.305 e. The van der Waals surface area contributed by atoms with E-state index in [1.54, 1.807) is 18.9 Å². The predicted molar refractivity (Wildman–Crippen MR) is 74.9 cm³/mol. The summed E-state index contributed by atoms with van der Waals surface area (Å²) < 4.78 is 10.4. The minimum Gasteiger partial charge on any atom is -0.494 e. The summed E-state index contributed by atoms with van der Waals surface area (Å²) in [6.45, 7) is 2.66. The second kappa shape index (κ2) is 6.41. The van der Waals surface area contributed by atoms with E-state index in [4.69, 9.17) is 9.47 Å². The molecule has 1 aromatic rings. The van der Waals surface area contributed by atoms with Gasteiger partial charge in [0, 0.05) is 19.2 Å². The molecule has 0 atom stereocenters. The van der Waals surface area contributed by atoms with Crippen molar-refractivity contribution in [2.45, 2.75) is 26.2 Å². The number of fused-ring (bicyclic) bond motifs is 1. The van der Waals surface area contributed by atoms with Gasteiger partial charge in [0.15, 0.2) is 0 Å². The Kier molecular flexibility index (Phi) is 4.61. The van der Waals surface area contributed by atoms with E-state index >= 15 is 0 Å². The Morgan fingerprint density at radius 2 is 2.20 bits per heavy atom. The highest BCUT2D eigenvalue weighted by molar-refractivity contribution is 6.01. The molecule has 0 aromatic heterocycles. The zero-order valence-corrected chi connectivity index (χ0v) is 11.8. The van der Waals surface area contributed by atoms with Crippen LogP contribution in [0.3, 0.4) is 0 Å². The van der Waals surface area contributed by atoms with Crippen molar-refractivity contribution in [2.24, 2.45) is 0 Å². The Morgan fingerprint density at radius 1 is 1.40 bits per heavy atom. The quantitative estimate of drug-likeness (QED) is 0.589. The van der Waals surface area contributed by atoms with Gasteiger partial charge < -0.3 is 14.4 Å². The largest absolute Gasteiger partial charge is 0.494 e. The van der Waals surface area contributed by atoms with Crippen LogP contribution in [0, 0.1) is 0 Å². The van der Waals surface area contributed by atoms with Crippen LogP contribution in [0.5, 0.6) is 5.75 Å². The zero-order valence-electron chi connectivity index (χ0n) is 11.8. The van der Waals surface area contributed by atoms with Crippen LogP contribution in [0.2, 0.25) is 0 Å². The third-order valence-corrected chi connectivity index (χ3v) is 3.23. The lowest BCUT2D eigenvalue weighted by atomic mass is 10.1. The minimum absolute atomic E-state index is 0.0967. The number of benzene rings is 1. The molecular formula is C15H19NO4. The number of nitrogens with zero attached hydrogens (tertiary/aromatic N) is 1. The monoisotopic (exact) mass is 277 g/mol. The van der Waals surface area contributed by atoms with Crippen LogP contribution < -0.4 is 9.64 Å². The first kappa shape index (κ1) is 14.4. The second-order valence-corrected chi connectivity index (χ2v) is 4.68. The number of esters is 1. The number of amides is 1. The number of anilines is 1. The van der Waals surface area contributed by atoms with E-state index < -0.39 is 0 Å². The normalized spacial score (nSPS) is 13.3. The molecule has 0 unspecified atom stereocenters. The molecule has 108 valence electrons. The van der Waals surface area contributed by atoms with Crippen molar-refractivity contribution in [3.8, 4) is 5.75 Å². The Hall–Kier alpha value is -2.04. The van der Waals surface area contributed by atoms with Crippen molar-refractivity contribution >= 4 is 17.6 Å². The summed E-state index contributed by atoms with van der Waals surface area (Å²) in [4.78, 5) is 24.4. The molecule has 0 saturated carbocycles. The fourth-order valence-corrected chi connectivity index (χ4v) is 2.18. The third kappa shape index (κ3) is 3.29. The lowest BCUT2D eigenvalue weighted by Gasteiger charge is -2.11. The molecule has 0 fully saturated rings. The maximum absolute atomic E-state index is 11.6. The molecule has 1 aliphatic rings. The molecule has 0 radical (unpaired) electrons. The van der Waals surface area contributed by atoms with Gasteiger partial charge in [-0.1, -0.05) is 0 Å². The van der Waals surface area contributed by atoms with Crippen LogP contribution in [0.15, 0.2) is 18.2 Å². The van der Waals surface area contributed by atoms with Crippen LogP contribution in [-0.4, -0.2) is 32.1 Å². The molecule has 5 nitrogen and oxygen atoms in total. The van der Waals surface area contributed by atoms with Crippen LogP contribution >= 0.6 is 0 Å². The maximum Gasteiger partial charge on any atom is 0.305 e. The summed E-state index contributed by atoms with van der Waals surface area (Å²) in [7, 11) is 1.77. The molecule has 0 aliphatic carbocycles. The molecule has 1 aromatic carbocycles. The maximum atomic E-state index is 11.6. The van der Waals surface area contributed by atoms with E-state index in [9.17, 15) is 9.59 Å². The number of likely N-dealkylation sites (N-methyl/N-ethyl adjacent to an activating group) is 1. The molecule has 0 spiro atoms. The van der Waals surface area contributed by atoms with E-state index in [1.807, 2.05) is 18.2 Å². The first-order valence-electron chi connectivity index (χ1n) is 6.79. The highest BCUT2D eigenvalue weighted by atomic mass is 16.5. The van der Waals surface area contributed by atoms with E-state index in [-0.39, 0.29) is 11.9 Å². The average molecular weight is 277 g/mol. The number of rotatable bonds is 6. The molecule has 0 saturated heterocycles. The summed E-state index contributed by atoms with van der Waals surface area (Å²) in [6.07, 6.45) is 1.40. The van der Waals surface area contributed by atoms with Crippen molar-refractivity contribution < 1.29 is 19.1 Å². The van der Waals surface area contributed by atoms with Gasteiger partial charge in [0.2, 0.25) is 5.91 Å². The Labute approximate surface area is 118 Å². The van der Waals surface area contributed by atoms with E-state index in [2.05, 4.69) is 0 Å². The first-order chi connectivity index (χ1) is 9.61. The van der Waals surface area contributed by atoms with Gasteiger partial charge in [-0.05, 0) is 37.1 Å². The van der Waals surface area contributed by atoms with Gasteiger partial charge in [-0.15, -0.1) is 0 Å². The Bertz CT molecular complexity index is 513. The second-order valence-electron chi connectivity index (χ2n) is 4.68. The molecule has 1 aliphatic heterocycles. The summed E-state index contributed by atoms with van der Waals surface area (Å²) in [5.41, 5.74) is 1.93. The lowest BCUT2D eigenvalue weighted by molar-refractivity contribution is -0.143. The topological polar surface area (TPSA) is 55.8 Å². The van der Waals surface area contributed by atoms with Crippen molar-refractivity contribution in [3.05, 3.63) is 23.8 Å². The van der Waals surface area contributed by atoms with Crippen molar-refractivity contribution in [1.82, 2.24) is 0 Å². The Balaban J connectivity index is 1.82. The molecule has 0 N–H and O–H groups in total. The molecule has 1 amide bonds. The Morgan fingerprint density at radius 3 is 2.95 bits per heavy atom. The van der Waals surface area contributed by atoms with Crippen LogP contribution in [-0.2, 0) is 20.7 Å². The average Bonchev–Trinajstić information content (AvgIpc) is 2.70. The summed E-state index contributed by atoms with van der Waals surface area (Å²) in [6, 6.07) is 5.63. The van der Waals surface area contributed by atoms with Gasteiger partial charge in [-0.2, -0.15) is 0 Å². The molecule has 1 heterocycles. The number of carbonyl (C=O) groups is 2. The highest BCUT2D eigenvalue weighted by Gasteiger charge is 2.23. The summed E-state index contributed by atoms with van der Waals surface area (Å²) >= 11 is 0. The summed E-state index contributed by atoms with van der Waals surface area (Å²) in [5, 5.41) is 0. The number of hydrogen-bond acceptors (Lipinski definition) is 4. The standard InChI is InChI=1S/C15H19NO4/c1-3-19-15(18)5-4-8-20-12-6-7-13-11(9-12)10-14(17)16(13)2/h6-7,9H,3-5,8,10H2,1-2H3. The fraction of sp³-hybridized carbons (Fsp3) is 0.467. The number of carbonyl (C=O) groups excluding carboxylic acids is 2. The van der Waals surface area contributed by atoms with Crippen LogP contribution in [0.1, 0.15) is 25.3 Å². The van der Waals surface area contributed by atoms with E-state index in [0.717, 1.165) is 17.0 Å². The van der Waals surface area contributed by atoms with Crippen molar-refractivity contribution in [2.75, 3.05) is 25.2 Å². The number of ether oxygens (including phenoxy) is 2. The highest BCUT2D eigenvalue weighted by Crippen LogP contribution is 2.30. The van der Waals surface area contributed by atoms with Gasteiger partial charge in [0.1, 0.15) is 5.75 Å². The van der Waals surface area contributed by atoms with Gasteiger partial charge in [-0.3, -0.25) is 9.59 Å². The van der Waals surface area contributed by atoms with Gasteiger partial charge in [0.25, 0.3) is 0 Å². The first-order valence-corrected chi connectivity index (χ1v) is 6.79. The van der Waals surface area contributed by atoms with E-state index in [0.29, 0.717) is 32.5 Å². The fourth-order valence-electron chi connectivity index (χ4n) is 2.18. The van der Waals surface area contributed by atoms with Gasteiger partial charge in [0.05, 0.1) is 19.6 Å². The molecule has 5 heteroatoms. The van der Waals surface area contributed by atoms with Gasteiger partial charge in [-0.25, -0.2) is 0 Å².